The maximum Gasteiger partial charge on any atom is 0.325 e. The lowest BCUT2D eigenvalue weighted by Gasteiger charge is -2.22. The van der Waals surface area contributed by atoms with Gasteiger partial charge in [0, 0.05) is 24.8 Å². The van der Waals surface area contributed by atoms with Crippen molar-refractivity contribution in [3.63, 3.8) is 0 Å². The van der Waals surface area contributed by atoms with Gasteiger partial charge in [-0.25, -0.2) is 4.79 Å². The Kier molecular flexibility index (Phi) is 5.28. The highest BCUT2D eigenvalue weighted by Crippen LogP contribution is 2.34. The molecular weight excluding hydrogens is 326 g/mol. The maximum absolute atomic E-state index is 12.6. The lowest BCUT2D eigenvalue weighted by Crippen LogP contribution is -2.44. The number of urea groups is 1. The van der Waals surface area contributed by atoms with Gasteiger partial charge in [-0.15, -0.1) is 0 Å². The number of benzene rings is 1. The highest BCUT2D eigenvalue weighted by atomic mass is 16.6. The van der Waals surface area contributed by atoms with Gasteiger partial charge in [0.25, 0.3) is 0 Å². The van der Waals surface area contributed by atoms with Crippen LogP contribution < -0.4 is 19.7 Å². The summed E-state index contributed by atoms with van der Waals surface area (Å²) >= 11 is 0. The molecule has 25 heavy (non-hydrogen) atoms. The van der Waals surface area contributed by atoms with Crippen LogP contribution in [0.25, 0.3) is 0 Å². The molecule has 0 radical (unpaired) electrons. The number of amides is 3. The van der Waals surface area contributed by atoms with E-state index in [1.54, 1.807) is 17.0 Å². The molecule has 8 nitrogen and oxygen atoms in total. The quantitative estimate of drug-likeness (QED) is 0.784. The molecule has 0 aromatic heterocycles. The molecule has 1 atom stereocenters. The van der Waals surface area contributed by atoms with Crippen LogP contribution in [0.2, 0.25) is 0 Å². The van der Waals surface area contributed by atoms with Crippen molar-refractivity contribution in [3.05, 3.63) is 18.2 Å². The molecule has 136 valence electrons. The minimum absolute atomic E-state index is 0.0175. The number of rotatable bonds is 6. The first-order chi connectivity index (χ1) is 12.1. The van der Waals surface area contributed by atoms with E-state index in [0.29, 0.717) is 44.2 Å². The normalized spacial score (nSPS) is 17.6. The van der Waals surface area contributed by atoms with Gasteiger partial charge in [-0.2, -0.15) is 0 Å². The van der Waals surface area contributed by atoms with Gasteiger partial charge in [0.2, 0.25) is 5.91 Å². The molecule has 0 unspecified atom stereocenters. The van der Waals surface area contributed by atoms with E-state index in [9.17, 15) is 9.59 Å². The summed E-state index contributed by atoms with van der Waals surface area (Å²) in [5.74, 6) is 1.03. The molecule has 0 aliphatic carbocycles. The highest BCUT2D eigenvalue weighted by Gasteiger charge is 2.31. The van der Waals surface area contributed by atoms with E-state index in [1.807, 2.05) is 13.0 Å². The summed E-state index contributed by atoms with van der Waals surface area (Å²) in [4.78, 5) is 27.7. The first-order valence-corrected chi connectivity index (χ1v) is 8.48. The number of carbonyl (C=O) groups excluding carboxylic acids is 2. The maximum atomic E-state index is 12.6. The molecule has 1 fully saturated rings. The zero-order valence-corrected chi connectivity index (χ0v) is 14.2. The van der Waals surface area contributed by atoms with Gasteiger partial charge in [0.15, 0.2) is 11.5 Å². The third-order valence-electron chi connectivity index (χ3n) is 4.35. The Hall–Kier alpha value is -2.48. The lowest BCUT2D eigenvalue weighted by atomic mass is 10.2. The van der Waals surface area contributed by atoms with Crippen molar-refractivity contribution in [3.8, 4) is 11.5 Å². The zero-order valence-electron chi connectivity index (χ0n) is 14.2. The van der Waals surface area contributed by atoms with E-state index in [0.717, 1.165) is 5.69 Å². The van der Waals surface area contributed by atoms with Crippen LogP contribution in [-0.4, -0.2) is 67.4 Å². The highest BCUT2D eigenvalue weighted by molar-refractivity contribution is 5.96. The average molecular weight is 349 g/mol. The number of carbonyl (C=O) groups is 2. The van der Waals surface area contributed by atoms with Crippen molar-refractivity contribution < 1.29 is 24.2 Å². The van der Waals surface area contributed by atoms with Crippen LogP contribution in [-0.2, 0) is 4.79 Å². The molecular formula is C17H23N3O5. The van der Waals surface area contributed by atoms with Crippen LogP contribution in [0.5, 0.6) is 11.5 Å². The SMILES string of the molecule is CC[C@@H](CO)NC(=O)CN1CCN(c2ccc3c(c2)OCCO3)C1=O. The number of aliphatic hydroxyl groups is 1. The number of nitrogens with one attached hydrogen (secondary N) is 1. The summed E-state index contributed by atoms with van der Waals surface area (Å²) in [7, 11) is 0. The van der Waals surface area contributed by atoms with Gasteiger partial charge < -0.3 is 24.8 Å². The standard InChI is InChI=1S/C17H23N3O5/c1-2-12(11-21)18-16(22)10-19-5-6-20(17(19)23)13-3-4-14-15(9-13)25-8-7-24-14/h3-4,9,12,21H,2,5-8,10-11H2,1H3,(H,18,22)/t12-/m0/s1. The summed E-state index contributed by atoms with van der Waals surface area (Å²) < 4.78 is 11.0. The molecule has 2 N–H and O–H groups in total. The number of anilines is 1. The summed E-state index contributed by atoms with van der Waals surface area (Å²) in [5.41, 5.74) is 0.721. The molecule has 2 heterocycles. The van der Waals surface area contributed by atoms with Crippen molar-refractivity contribution in [2.75, 3.05) is 44.4 Å². The summed E-state index contributed by atoms with van der Waals surface area (Å²) in [6.07, 6.45) is 0.638. The molecule has 0 bridgehead atoms. The molecule has 8 heteroatoms. The van der Waals surface area contributed by atoms with E-state index >= 15 is 0 Å². The number of aliphatic hydroxyl groups excluding tert-OH is 1. The monoisotopic (exact) mass is 349 g/mol. The van der Waals surface area contributed by atoms with E-state index in [2.05, 4.69) is 5.32 Å². The van der Waals surface area contributed by atoms with E-state index in [-0.39, 0.29) is 31.1 Å². The van der Waals surface area contributed by atoms with Crippen LogP contribution in [0.4, 0.5) is 10.5 Å². The lowest BCUT2D eigenvalue weighted by molar-refractivity contribution is -0.122. The van der Waals surface area contributed by atoms with Gasteiger partial charge in [0.05, 0.1) is 12.6 Å². The van der Waals surface area contributed by atoms with Gasteiger partial charge in [-0.3, -0.25) is 9.69 Å². The minimum atomic E-state index is -0.279. The fourth-order valence-electron chi connectivity index (χ4n) is 2.89. The van der Waals surface area contributed by atoms with Gasteiger partial charge in [0.1, 0.15) is 19.8 Å². The molecule has 1 aromatic rings. The molecule has 2 aliphatic heterocycles. The Morgan fingerprint density at radius 1 is 1.28 bits per heavy atom. The fourth-order valence-corrected chi connectivity index (χ4v) is 2.89. The number of fused-ring (bicyclic) bond motifs is 1. The third-order valence-corrected chi connectivity index (χ3v) is 4.35. The molecule has 0 spiro atoms. The van der Waals surface area contributed by atoms with E-state index < -0.39 is 0 Å². The van der Waals surface area contributed by atoms with Crippen molar-refractivity contribution in [2.45, 2.75) is 19.4 Å². The summed E-state index contributed by atoms with van der Waals surface area (Å²) in [5, 5.41) is 11.9. The summed E-state index contributed by atoms with van der Waals surface area (Å²) in [6.45, 7) is 3.73. The fraction of sp³-hybridized carbons (Fsp3) is 0.529. The van der Waals surface area contributed by atoms with Crippen LogP contribution in [0, 0.1) is 0 Å². The first-order valence-electron chi connectivity index (χ1n) is 8.48. The van der Waals surface area contributed by atoms with Crippen molar-refractivity contribution in [1.29, 1.82) is 0 Å². The average Bonchev–Trinajstić information content (AvgIpc) is 2.99. The van der Waals surface area contributed by atoms with Gasteiger partial charge in [-0.1, -0.05) is 6.92 Å². The Morgan fingerprint density at radius 2 is 2.04 bits per heavy atom. The molecule has 2 aliphatic rings. The van der Waals surface area contributed by atoms with Crippen molar-refractivity contribution in [1.82, 2.24) is 10.2 Å². The summed E-state index contributed by atoms with van der Waals surface area (Å²) in [6, 6.07) is 4.89. The third kappa shape index (κ3) is 3.79. The van der Waals surface area contributed by atoms with E-state index in [1.165, 1.54) is 4.90 Å². The number of hydrogen-bond acceptors (Lipinski definition) is 5. The molecule has 1 aromatic carbocycles. The van der Waals surface area contributed by atoms with E-state index in [4.69, 9.17) is 14.6 Å². The molecule has 3 amide bonds. The van der Waals surface area contributed by atoms with Crippen LogP contribution in [0.1, 0.15) is 13.3 Å². The van der Waals surface area contributed by atoms with Crippen molar-refractivity contribution >= 4 is 17.6 Å². The van der Waals surface area contributed by atoms with Gasteiger partial charge in [-0.05, 0) is 18.6 Å². The smallest absolute Gasteiger partial charge is 0.325 e. The van der Waals surface area contributed by atoms with Crippen LogP contribution in [0.3, 0.4) is 0 Å². The second-order valence-corrected chi connectivity index (χ2v) is 6.04. The number of nitrogens with zero attached hydrogens (tertiary/aromatic N) is 2. The largest absolute Gasteiger partial charge is 0.486 e. The zero-order chi connectivity index (χ0) is 17.8. The van der Waals surface area contributed by atoms with Crippen LogP contribution in [0.15, 0.2) is 18.2 Å². The second-order valence-electron chi connectivity index (χ2n) is 6.04. The Balaban J connectivity index is 1.63. The predicted molar refractivity (Wildman–Crippen MR) is 91.1 cm³/mol. The van der Waals surface area contributed by atoms with Crippen LogP contribution >= 0.6 is 0 Å². The Labute approximate surface area is 146 Å². The van der Waals surface area contributed by atoms with Gasteiger partial charge >= 0.3 is 6.03 Å². The number of hydrogen-bond donors (Lipinski definition) is 2. The van der Waals surface area contributed by atoms with Crippen molar-refractivity contribution in [2.24, 2.45) is 0 Å². The Bertz CT molecular complexity index is 647. The predicted octanol–water partition coefficient (Wildman–Crippen LogP) is 0.587. The Morgan fingerprint density at radius 3 is 2.76 bits per heavy atom. The minimum Gasteiger partial charge on any atom is -0.486 e. The number of ether oxygens (including phenoxy) is 2. The second kappa shape index (κ2) is 7.60. The molecule has 1 saturated heterocycles. The topological polar surface area (TPSA) is 91.3 Å². The first kappa shape index (κ1) is 17.3. The molecule has 0 saturated carbocycles. The molecule has 3 rings (SSSR count).